The highest BCUT2D eigenvalue weighted by molar-refractivity contribution is 5.73. The van der Waals surface area contributed by atoms with E-state index in [2.05, 4.69) is 36.1 Å². The zero-order chi connectivity index (χ0) is 19.0. The number of aryl methyl sites for hydroxylation is 2. The van der Waals surface area contributed by atoms with Gasteiger partial charge in [-0.3, -0.25) is 0 Å². The predicted octanol–water partition coefficient (Wildman–Crippen LogP) is 0.646. The zero-order valence-corrected chi connectivity index (χ0v) is 14.7. The summed E-state index contributed by atoms with van der Waals surface area (Å²) in [5.41, 5.74) is 5.85. The van der Waals surface area contributed by atoms with Crippen molar-refractivity contribution in [3.63, 3.8) is 0 Å². The molecule has 0 radical (unpaired) electrons. The fourth-order valence-corrected chi connectivity index (χ4v) is 3.79. The zero-order valence-electron chi connectivity index (χ0n) is 14.7. The summed E-state index contributed by atoms with van der Waals surface area (Å²) in [5.74, 6) is 5.81. The van der Waals surface area contributed by atoms with Crippen LogP contribution in [0.4, 0.5) is 0 Å². The summed E-state index contributed by atoms with van der Waals surface area (Å²) in [7, 11) is 0. The molecular formula is C22H22O5. The van der Waals surface area contributed by atoms with Gasteiger partial charge in [-0.05, 0) is 47.2 Å². The second-order valence-corrected chi connectivity index (χ2v) is 7.05. The Morgan fingerprint density at radius 2 is 1.63 bits per heavy atom. The van der Waals surface area contributed by atoms with Crippen molar-refractivity contribution < 1.29 is 25.2 Å². The first kappa shape index (κ1) is 18.2. The molecular weight excluding hydrogens is 344 g/mol. The van der Waals surface area contributed by atoms with Crippen molar-refractivity contribution in [3.8, 4) is 23.0 Å². The molecule has 2 aromatic carbocycles. The summed E-state index contributed by atoms with van der Waals surface area (Å²) < 4.78 is 5.43. The van der Waals surface area contributed by atoms with Gasteiger partial charge in [-0.2, -0.15) is 0 Å². The Bertz CT molecular complexity index is 895. The maximum absolute atomic E-state index is 10.1. The Balaban J connectivity index is 1.59. The van der Waals surface area contributed by atoms with Crippen molar-refractivity contribution in [1.29, 1.82) is 0 Å². The topological polar surface area (TPSA) is 90.2 Å². The molecule has 5 heteroatoms. The van der Waals surface area contributed by atoms with E-state index < -0.39 is 37.1 Å². The van der Waals surface area contributed by atoms with Gasteiger partial charge in [0.25, 0.3) is 0 Å². The first-order valence-electron chi connectivity index (χ1n) is 9.11. The van der Waals surface area contributed by atoms with Crippen LogP contribution < -0.4 is 0 Å². The summed E-state index contributed by atoms with van der Waals surface area (Å²) in [4.78, 5) is 0. The summed E-state index contributed by atoms with van der Waals surface area (Å²) in [6, 6.07) is 14.4. The average Bonchev–Trinajstić information content (AvgIpc) is 2.71. The van der Waals surface area contributed by atoms with Gasteiger partial charge in [0, 0.05) is 5.56 Å². The van der Waals surface area contributed by atoms with E-state index in [0.29, 0.717) is 0 Å². The van der Waals surface area contributed by atoms with Gasteiger partial charge in [0.15, 0.2) is 0 Å². The van der Waals surface area contributed by atoms with Crippen molar-refractivity contribution in [2.45, 2.75) is 43.4 Å². The van der Waals surface area contributed by atoms with Crippen molar-refractivity contribution in [3.05, 3.63) is 59.2 Å². The Labute approximate surface area is 157 Å². The molecule has 4 rings (SSSR count). The number of hydrogen-bond donors (Lipinski definition) is 4. The Morgan fingerprint density at radius 1 is 0.889 bits per heavy atom. The fourth-order valence-electron chi connectivity index (χ4n) is 3.79. The second kappa shape index (κ2) is 7.43. The van der Waals surface area contributed by atoms with Crippen LogP contribution in [0.3, 0.4) is 0 Å². The van der Waals surface area contributed by atoms with Gasteiger partial charge in [-0.15, -0.1) is 0 Å². The molecule has 2 aromatic rings. The van der Waals surface area contributed by atoms with E-state index in [1.54, 1.807) is 0 Å². The maximum Gasteiger partial charge on any atom is 0.147 e. The quantitative estimate of drug-likeness (QED) is 0.557. The van der Waals surface area contributed by atoms with E-state index in [-0.39, 0.29) is 0 Å². The van der Waals surface area contributed by atoms with Crippen LogP contribution in [0.2, 0.25) is 0 Å². The summed E-state index contributed by atoms with van der Waals surface area (Å²) in [6.07, 6.45) is -4.09. The molecule has 0 amide bonds. The van der Waals surface area contributed by atoms with Crippen molar-refractivity contribution >= 4 is 0 Å². The van der Waals surface area contributed by atoms with Crippen LogP contribution in [0.15, 0.2) is 42.5 Å². The Kier molecular flexibility index (Phi) is 5.00. The van der Waals surface area contributed by atoms with Crippen LogP contribution >= 0.6 is 0 Å². The molecule has 1 aliphatic heterocycles. The lowest BCUT2D eigenvalue weighted by atomic mass is 9.85. The molecule has 4 N–H and O–H groups in total. The largest absolute Gasteiger partial charge is 0.394 e. The third kappa shape index (κ3) is 3.39. The number of fused-ring (bicyclic) bond motifs is 3. The van der Waals surface area contributed by atoms with E-state index in [9.17, 15) is 20.4 Å². The number of benzene rings is 2. The van der Waals surface area contributed by atoms with Crippen molar-refractivity contribution in [2.24, 2.45) is 0 Å². The normalized spacial score (nSPS) is 29.3. The third-order valence-corrected chi connectivity index (χ3v) is 5.33. The minimum absolute atomic E-state index is 0.457. The van der Waals surface area contributed by atoms with E-state index >= 15 is 0 Å². The molecule has 0 unspecified atom stereocenters. The predicted molar refractivity (Wildman–Crippen MR) is 99.9 cm³/mol. The molecule has 0 spiro atoms. The molecule has 1 saturated heterocycles. The van der Waals surface area contributed by atoms with E-state index in [1.807, 2.05) is 18.2 Å². The smallest absolute Gasteiger partial charge is 0.147 e. The van der Waals surface area contributed by atoms with Crippen LogP contribution in [-0.2, 0) is 17.6 Å². The van der Waals surface area contributed by atoms with Crippen molar-refractivity contribution in [2.75, 3.05) is 6.61 Å². The maximum atomic E-state index is 10.1. The average molecular weight is 366 g/mol. The van der Waals surface area contributed by atoms with Gasteiger partial charge < -0.3 is 25.2 Å². The molecule has 0 saturated carbocycles. The lowest BCUT2D eigenvalue weighted by Crippen LogP contribution is -2.58. The lowest BCUT2D eigenvalue weighted by Gasteiger charge is -2.37. The molecule has 2 aliphatic rings. The van der Waals surface area contributed by atoms with Crippen LogP contribution in [0, 0.1) is 11.8 Å². The van der Waals surface area contributed by atoms with Gasteiger partial charge in [-0.1, -0.05) is 42.2 Å². The van der Waals surface area contributed by atoms with Gasteiger partial charge in [0.1, 0.15) is 30.5 Å². The standard InChI is InChI=1S/C22H22O5/c23-12-19-21(25)22(26)20(24)18(27-19)10-6-13-5-9-17-15(11-13)8-7-14-3-1-2-4-16(14)17/h1-5,9,11,18-26H,7-8,12H2/t18-,19-,20-,21-,22-/m1/s1. The van der Waals surface area contributed by atoms with Gasteiger partial charge in [0.05, 0.1) is 6.61 Å². The monoisotopic (exact) mass is 366 g/mol. The van der Waals surface area contributed by atoms with Crippen molar-refractivity contribution in [1.82, 2.24) is 0 Å². The molecule has 27 heavy (non-hydrogen) atoms. The third-order valence-electron chi connectivity index (χ3n) is 5.33. The minimum Gasteiger partial charge on any atom is -0.394 e. The van der Waals surface area contributed by atoms with Gasteiger partial charge in [-0.25, -0.2) is 0 Å². The molecule has 1 aliphatic carbocycles. The number of aliphatic hydroxyl groups excluding tert-OH is 4. The molecule has 1 fully saturated rings. The molecule has 1 heterocycles. The highest BCUT2D eigenvalue weighted by Crippen LogP contribution is 2.33. The molecule has 0 bridgehead atoms. The summed E-state index contributed by atoms with van der Waals surface area (Å²) in [6.45, 7) is -0.457. The Hall–Kier alpha value is -2.20. The number of ether oxygens (including phenoxy) is 1. The SMILES string of the molecule is OC[C@H]1O[C@H](C#Cc2ccc3c(c2)CCc2ccccc2-3)[C@@H](O)[C@@H](O)[C@@H]1O. The molecule has 0 aromatic heterocycles. The van der Waals surface area contributed by atoms with Crippen LogP contribution in [0.5, 0.6) is 0 Å². The van der Waals surface area contributed by atoms with Gasteiger partial charge in [0.2, 0.25) is 0 Å². The molecule has 5 atom stereocenters. The van der Waals surface area contributed by atoms with Gasteiger partial charge >= 0.3 is 0 Å². The van der Waals surface area contributed by atoms with Crippen LogP contribution in [-0.4, -0.2) is 57.6 Å². The summed E-state index contributed by atoms with van der Waals surface area (Å²) >= 11 is 0. The fraction of sp³-hybridized carbons (Fsp3) is 0.364. The number of aliphatic hydroxyl groups is 4. The summed E-state index contributed by atoms with van der Waals surface area (Å²) in [5, 5.41) is 39.0. The van der Waals surface area contributed by atoms with E-state index in [0.717, 1.165) is 18.4 Å². The number of hydrogen-bond acceptors (Lipinski definition) is 5. The van der Waals surface area contributed by atoms with Crippen LogP contribution in [0.1, 0.15) is 16.7 Å². The van der Waals surface area contributed by atoms with Crippen LogP contribution in [0.25, 0.3) is 11.1 Å². The second-order valence-electron chi connectivity index (χ2n) is 7.05. The molecule has 5 nitrogen and oxygen atoms in total. The minimum atomic E-state index is -1.41. The highest BCUT2D eigenvalue weighted by atomic mass is 16.5. The Morgan fingerprint density at radius 3 is 2.44 bits per heavy atom. The lowest BCUT2D eigenvalue weighted by molar-refractivity contribution is -0.214. The first-order chi connectivity index (χ1) is 13.1. The molecule has 140 valence electrons. The van der Waals surface area contributed by atoms with E-state index in [1.165, 1.54) is 22.3 Å². The van der Waals surface area contributed by atoms with E-state index in [4.69, 9.17) is 4.74 Å². The number of rotatable bonds is 1. The first-order valence-corrected chi connectivity index (χ1v) is 9.11. The highest BCUT2D eigenvalue weighted by Gasteiger charge is 2.42.